The van der Waals surface area contributed by atoms with Crippen LogP contribution in [0.15, 0.2) is 35.3 Å². The maximum absolute atomic E-state index is 5.35. The summed E-state index contributed by atoms with van der Waals surface area (Å²) in [7, 11) is 1.81. The van der Waals surface area contributed by atoms with E-state index in [9.17, 15) is 0 Å². The summed E-state index contributed by atoms with van der Waals surface area (Å²) in [6.07, 6.45) is 2.59. The van der Waals surface area contributed by atoms with Crippen LogP contribution in [0, 0.1) is 0 Å². The number of ether oxygens (including phenoxy) is 1. The zero-order valence-corrected chi connectivity index (χ0v) is 14.4. The van der Waals surface area contributed by atoms with E-state index in [4.69, 9.17) is 4.74 Å². The predicted octanol–water partition coefficient (Wildman–Crippen LogP) is 2.02. The van der Waals surface area contributed by atoms with Gasteiger partial charge in [0, 0.05) is 26.7 Å². The van der Waals surface area contributed by atoms with Crippen LogP contribution in [-0.4, -0.2) is 57.3 Å². The van der Waals surface area contributed by atoms with Gasteiger partial charge < -0.3 is 15.4 Å². The van der Waals surface area contributed by atoms with E-state index in [0.717, 1.165) is 25.7 Å². The molecule has 0 spiro atoms. The van der Waals surface area contributed by atoms with Crippen molar-refractivity contribution in [2.45, 2.75) is 25.8 Å². The third kappa shape index (κ3) is 5.84. The van der Waals surface area contributed by atoms with Gasteiger partial charge in [-0.15, -0.1) is 0 Å². The van der Waals surface area contributed by atoms with Gasteiger partial charge in [0.2, 0.25) is 0 Å². The summed E-state index contributed by atoms with van der Waals surface area (Å²) >= 11 is 0. The molecule has 5 nitrogen and oxygen atoms in total. The average molecular weight is 318 g/mol. The molecule has 1 aromatic rings. The van der Waals surface area contributed by atoms with Gasteiger partial charge in [0.05, 0.1) is 12.6 Å². The van der Waals surface area contributed by atoms with Crippen molar-refractivity contribution < 1.29 is 4.74 Å². The highest BCUT2D eigenvalue weighted by molar-refractivity contribution is 5.79. The lowest BCUT2D eigenvalue weighted by Gasteiger charge is -2.29. The van der Waals surface area contributed by atoms with Crippen LogP contribution in [0.3, 0.4) is 0 Å². The minimum absolute atomic E-state index is 0.393. The van der Waals surface area contributed by atoms with Crippen LogP contribution < -0.4 is 10.6 Å². The topological polar surface area (TPSA) is 48.9 Å². The van der Waals surface area contributed by atoms with E-state index >= 15 is 0 Å². The fourth-order valence-corrected chi connectivity index (χ4v) is 2.99. The van der Waals surface area contributed by atoms with E-state index in [0.29, 0.717) is 12.6 Å². The molecule has 1 saturated heterocycles. The lowest BCUT2D eigenvalue weighted by atomic mass is 10.1. The SMILES string of the molecule is CCOCCNC(=NC)NCC(c1ccccc1)N1CCCC1. The molecule has 0 aliphatic carbocycles. The molecule has 1 atom stereocenters. The Morgan fingerprint density at radius 3 is 2.61 bits per heavy atom. The Morgan fingerprint density at radius 2 is 1.96 bits per heavy atom. The quantitative estimate of drug-likeness (QED) is 0.437. The monoisotopic (exact) mass is 318 g/mol. The molecule has 0 amide bonds. The highest BCUT2D eigenvalue weighted by Crippen LogP contribution is 2.24. The summed E-state index contributed by atoms with van der Waals surface area (Å²) in [5, 5.41) is 6.76. The van der Waals surface area contributed by atoms with E-state index in [1.54, 1.807) is 0 Å². The molecule has 1 aromatic carbocycles. The van der Waals surface area contributed by atoms with Crippen LogP contribution in [0.2, 0.25) is 0 Å². The Morgan fingerprint density at radius 1 is 1.22 bits per heavy atom. The first-order valence-electron chi connectivity index (χ1n) is 8.66. The zero-order valence-electron chi connectivity index (χ0n) is 14.4. The van der Waals surface area contributed by atoms with Crippen LogP contribution in [0.5, 0.6) is 0 Å². The number of guanidine groups is 1. The molecule has 1 aliphatic heterocycles. The third-order valence-corrected chi connectivity index (χ3v) is 4.20. The summed E-state index contributed by atoms with van der Waals surface area (Å²) in [4.78, 5) is 6.86. The molecule has 128 valence electrons. The number of nitrogens with one attached hydrogen (secondary N) is 2. The molecule has 1 unspecified atom stereocenters. The lowest BCUT2D eigenvalue weighted by molar-refractivity contribution is 0.152. The van der Waals surface area contributed by atoms with Crippen molar-refractivity contribution in [1.29, 1.82) is 0 Å². The van der Waals surface area contributed by atoms with Crippen molar-refractivity contribution in [1.82, 2.24) is 15.5 Å². The molecule has 1 heterocycles. The van der Waals surface area contributed by atoms with Gasteiger partial charge in [-0.25, -0.2) is 0 Å². The first-order chi connectivity index (χ1) is 11.3. The van der Waals surface area contributed by atoms with Gasteiger partial charge in [0.15, 0.2) is 5.96 Å². The molecular weight excluding hydrogens is 288 g/mol. The second-order valence-electron chi connectivity index (χ2n) is 5.75. The summed E-state index contributed by atoms with van der Waals surface area (Å²) in [6.45, 7) is 7.44. The highest BCUT2D eigenvalue weighted by atomic mass is 16.5. The minimum atomic E-state index is 0.393. The molecule has 1 aliphatic rings. The van der Waals surface area contributed by atoms with Gasteiger partial charge in [-0.05, 0) is 38.4 Å². The average Bonchev–Trinajstić information content (AvgIpc) is 3.12. The second kappa shape index (κ2) is 10.2. The number of nitrogens with zero attached hydrogens (tertiary/aromatic N) is 2. The van der Waals surface area contributed by atoms with Gasteiger partial charge in [-0.3, -0.25) is 9.89 Å². The molecule has 5 heteroatoms. The Hall–Kier alpha value is -1.59. The number of aliphatic imine (C=N–C) groups is 1. The highest BCUT2D eigenvalue weighted by Gasteiger charge is 2.23. The van der Waals surface area contributed by atoms with E-state index in [-0.39, 0.29) is 0 Å². The maximum Gasteiger partial charge on any atom is 0.191 e. The summed E-state index contributed by atoms with van der Waals surface area (Å²) in [5.74, 6) is 0.838. The number of hydrogen-bond donors (Lipinski definition) is 2. The van der Waals surface area contributed by atoms with E-state index < -0.39 is 0 Å². The van der Waals surface area contributed by atoms with Gasteiger partial charge in [0.25, 0.3) is 0 Å². The fourth-order valence-electron chi connectivity index (χ4n) is 2.99. The minimum Gasteiger partial charge on any atom is -0.380 e. The fraction of sp³-hybridized carbons (Fsp3) is 0.611. The molecule has 0 saturated carbocycles. The van der Waals surface area contributed by atoms with Crippen molar-refractivity contribution in [3.8, 4) is 0 Å². The molecule has 0 bridgehead atoms. The molecular formula is C18H30N4O. The van der Waals surface area contributed by atoms with E-state index in [1.165, 1.54) is 31.5 Å². The number of rotatable bonds is 8. The molecule has 0 aromatic heterocycles. The van der Waals surface area contributed by atoms with Gasteiger partial charge in [-0.1, -0.05) is 30.3 Å². The van der Waals surface area contributed by atoms with E-state index in [1.807, 2.05) is 14.0 Å². The molecule has 23 heavy (non-hydrogen) atoms. The first-order valence-corrected chi connectivity index (χ1v) is 8.66. The van der Waals surface area contributed by atoms with Crippen molar-refractivity contribution in [2.75, 3.05) is 46.4 Å². The van der Waals surface area contributed by atoms with Crippen molar-refractivity contribution >= 4 is 5.96 Å². The van der Waals surface area contributed by atoms with Crippen LogP contribution in [0.25, 0.3) is 0 Å². The Kier molecular flexibility index (Phi) is 7.90. The zero-order chi connectivity index (χ0) is 16.3. The van der Waals surface area contributed by atoms with Crippen molar-refractivity contribution in [3.63, 3.8) is 0 Å². The molecule has 2 rings (SSSR count). The Labute approximate surface area is 140 Å². The van der Waals surface area contributed by atoms with Gasteiger partial charge in [-0.2, -0.15) is 0 Å². The normalized spacial score (nSPS) is 17.2. The lowest BCUT2D eigenvalue weighted by Crippen LogP contribution is -2.43. The van der Waals surface area contributed by atoms with Crippen LogP contribution >= 0.6 is 0 Å². The van der Waals surface area contributed by atoms with Gasteiger partial charge in [0.1, 0.15) is 0 Å². The largest absolute Gasteiger partial charge is 0.380 e. The Bertz CT molecular complexity index is 457. The molecule has 0 radical (unpaired) electrons. The van der Waals surface area contributed by atoms with Crippen LogP contribution in [0.4, 0.5) is 0 Å². The number of benzene rings is 1. The van der Waals surface area contributed by atoms with Crippen LogP contribution in [-0.2, 0) is 4.74 Å². The van der Waals surface area contributed by atoms with E-state index in [2.05, 4.69) is 50.9 Å². The number of likely N-dealkylation sites (tertiary alicyclic amines) is 1. The number of hydrogen-bond acceptors (Lipinski definition) is 3. The van der Waals surface area contributed by atoms with Crippen LogP contribution in [0.1, 0.15) is 31.4 Å². The Balaban J connectivity index is 1.89. The molecule has 1 fully saturated rings. The first kappa shape index (κ1) is 17.8. The second-order valence-corrected chi connectivity index (χ2v) is 5.75. The van der Waals surface area contributed by atoms with Crippen molar-refractivity contribution in [3.05, 3.63) is 35.9 Å². The summed E-state index contributed by atoms with van der Waals surface area (Å²) < 4.78 is 5.35. The standard InChI is InChI=1S/C18H30N4O/c1-3-23-14-11-20-18(19-2)21-15-17(22-12-7-8-13-22)16-9-5-4-6-10-16/h4-6,9-10,17H,3,7-8,11-15H2,1-2H3,(H2,19,20,21). The molecule has 2 N–H and O–H groups in total. The predicted molar refractivity (Wildman–Crippen MR) is 95.8 cm³/mol. The smallest absolute Gasteiger partial charge is 0.191 e. The van der Waals surface area contributed by atoms with Gasteiger partial charge >= 0.3 is 0 Å². The summed E-state index contributed by atoms with van der Waals surface area (Å²) in [5.41, 5.74) is 1.37. The summed E-state index contributed by atoms with van der Waals surface area (Å²) in [6, 6.07) is 11.1. The maximum atomic E-state index is 5.35. The van der Waals surface area contributed by atoms with Crippen molar-refractivity contribution in [2.24, 2.45) is 4.99 Å². The third-order valence-electron chi connectivity index (χ3n) is 4.20.